The maximum absolute atomic E-state index is 3.64. The van der Waals surface area contributed by atoms with Gasteiger partial charge in [0.2, 0.25) is 0 Å². The Morgan fingerprint density at radius 1 is 1.15 bits per heavy atom. The first-order valence-corrected chi connectivity index (χ1v) is 9.05. The molecule has 0 amide bonds. The van der Waals surface area contributed by atoms with Gasteiger partial charge in [0, 0.05) is 17.0 Å². The monoisotopic (exact) mass is 293 g/mol. The number of hydrogen-bond donors (Lipinski definition) is 1. The Labute approximate surface area is 129 Å². The molecule has 0 radical (unpaired) electrons. The zero-order valence-electron chi connectivity index (χ0n) is 13.8. The fourth-order valence-electron chi connectivity index (χ4n) is 2.31. The minimum absolute atomic E-state index is 0.478. The van der Waals surface area contributed by atoms with Crippen molar-refractivity contribution in [3.63, 3.8) is 0 Å². The number of thioether (sulfide) groups is 1. The molecule has 2 heteroatoms. The highest BCUT2D eigenvalue weighted by Crippen LogP contribution is 2.24. The number of rotatable bonds is 9. The Kier molecular flexibility index (Phi) is 8.32. The molecule has 114 valence electrons. The van der Waals surface area contributed by atoms with Gasteiger partial charge >= 0.3 is 0 Å². The molecule has 1 aromatic carbocycles. The van der Waals surface area contributed by atoms with Crippen LogP contribution in [0.1, 0.15) is 58.2 Å². The van der Waals surface area contributed by atoms with E-state index in [1.165, 1.54) is 24.0 Å². The highest BCUT2D eigenvalue weighted by Gasteiger charge is 2.12. The van der Waals surface area contributed by atoms with Crippen molar-refractivity contribution < 1.29 is 0 Å². The van der Waals surface area contributed by atoms with Gasteiger partial charge in [-0.3, -0.25) is 0 Å². The maximum atomic E-state index is 3.64. The van der Waals surface area contributed by atoms with E-state index >= 15 is 0 Å². The molecule has 1 rings (SSSR count). The van der Waals surface area contributed by atoms with Crippen LogP contribution in [0.15, 0.2) is 24.3 Å². The normalized spacial score (nSPS) is 14.5. The fourth-order valence-corrected chi connectivity index (χ4v) is 3.37. The Hall–Kier alpha value is -0.470. The van der Waals surface area contributed by atoms with E-state index in [4.69, 9.17) is 0 Å². The molecule has 0 heterocycles. The van der Waals surface area contributed by atoms with E-state index in [9.17, 15) is 0 Å². The Morgan fingerprint density at radius 2 is 1.90 bits per heavy atom. The number of hydrogen-bond acceptors (Lipinski definition) is 2. The average Bonchev–Trinajstić information content (AvgIpc) is 2.42. The van der Waals surface area contributed by atoms with Gasteiger partial charge in [0.05, 0.1) is 0 Å². The van der Waals surface area contributed by atoms with Crippen molar-refractivity contribution in [2.75, 3.05) is 12.3 Å². The van der Waals surface area contributed by atoms with Crippen LogP contribution < -0.4 is 5.32 Å². The summed E-state index contributed by atoms with van der Waals surface area (Å²) in [4.78, 5) is 0. The van der Waals surface area contributed by atoms with Crippen molar-refractivity contribution in [1.29, 1.82) is 0 Å². The molecule has 1 aromatic rings. The second-order valence-corrected chi connectivity index (χ2v) is 7.48. The van der Waals surface area contributed by atoms with Gasteiger partial charge in [0.1, 0.15) is 0 Å². The Balaban J connectivity index is 2.74. The van der Waals surface area contributed by atoms with Gasteiger partial charge in [0.25, 0.3) is 0 Å². The first-order valence-electron chi connectivity index (χ1n) is 8.00. The minimum Gasteiger partial charge on any atom is -0.310 e. The molecule has 0 aromatic heterocycles. The third-order valence-corrected chi connectivity index (χ3v) is 5.00. The van der Waals surface area contributed by atoms with E-state index < -0.39 is 0 Å². The summed E-state index contributed by atoms with van der Waals surface area (Å²) in [6.07, 6.45) is 2.42. The summed E-state index contributed by atoms with van der Waals surface area (Å²) < 4.78 is 0. The maximum Gasteiger partial charge on any atom is 0.0411 e. The first kappa shape index (κ1) is 17.6. The van der Waals surface area contributed by atoms with E-state index in [2.05, 4.69) is 76.0 Å². The molecule has 0 saturated carbocycles. The van der Waals surface area contributed by atoms with Gasteiger partial charge in [-0.15, -0.1) is 0 Å². The highest BCUT2D eigenvalue weighted by molar-refractivity contribution is 7.99. The second-order valence-electron chi connectivity index (χ2n) is 6.01. The van der Waals surface area contributed by atoms with Crippen LogP contribution in [0.5, 0.6) is 0 Å². The lowest BCUT2D eigenvalue weighted by atomic mass is 9.99. The lowest BCUT2D eigenvalue weighted by Crippen LogP contribution is -2.23. The molecule has 1 N–H and O–H groups in total. The molecule has 0 aliphatic heterocycles. The molecule has 2 atom stereocenters. The van der Waals surface area contributed by atoms with Crippen LogP contribution in [-0.2, 0) is 6.42 Å². The van der Waals surface area contributed by atoms with Crippen molar-refractivity contribution in [2.45, 2.75) is 58.8 Å². The van der Waals surface area contributed by atoms with Gasteiger partial charge < -0.3 is 5.32 Å². The van der Waals surface area contributed by atoms with E-state index in [1.54, 1.807) is 0 Å². The van der Waals surface area contributed by atoms with E-state index in [0.717, 1.165) is 23.5 Å². The van der Waals surface area contributed by atoms with E-state index in [0.29, 0.717) is 6.04 Å². The molecule has 20 heavy (non-hydrogen) atoms. The van der Waals surface area contributed by atoms with Crippen molar-refractivity contribution in [1.82, 2.24) is 5.32 Å². The summed E-state index contributed by atoms with van der Waals surface area (Å²) in [5.74, 6) is 1.88. The molecular formula is C18H31NS. The quantitative estimate of drug-likeness (QED) is 0.682. The molecule has 0 bridgehead atoms. The van der Waals surface area contributed by atoms with Crippen LogP contribution in [0.3, 0.4) is 0 Å². The zero-order valence-corrected chi connectivity index (χ0v) is 14.6. The third-order valence-electron chi connectivity index (χ3n) is 3.57. The van der Waals surface area contributed by atoms with Crippen molar-refractivity contribution in [3.8, 4) is 0 Å². The van der Waals surface area contributed by atoms with Crippen LogP contribution in [0.25, 0.3) is 0 Å². The van der Waals surface area contributed by atoms with Gasteiger partial charge in [-0.05, 0) is 36.4 Å². The van der Waals surface area contributed by atoms with Crippen LogP contribution in [0.2, 0.25) is 0 Å². The molecule has 2 unspecified atom stereocenters. The molecule has 0 aliphatic rings. The summed E-state index contributed by atoms with van der Waals surface area (Å²) in [6, 6.07) is 9.62. The SMILES string of the molecule is CCNC(CSC(C)CC)c1cccc(CC(C)C)c1. The van der Waals surface area contributed by atoms with E-state index in [1.807, 2.05) is 0 Å². The number of nitrogens with one attached hydrogen (secondary N) is 1. The molecule has 0 fully saturated rings. The Bertz CT molecular complexity index is 375. The molecule has 0 aliphatic carbocycles. The fraction of sp³-hybridized carbons (Fsp3) is 0.667. The zero-order chi connectivity index (χ0) is 15.0. The van der Waals surface area contributed by atoms with E-state index in [-0.39, 0.29) is 0 Å². The smallest absolute Gasteiger partial charge is 0.0411 e. The van der Waals surface area contributed by atoms with Crippen LogP contribution >= 0.6 is 11.8 Å². The van der Waals surface area contributed by atoms with Crippen LogP contribution in [0, 0.1) is 5.92 Å². The summed E-state index contributed by atoms with van der Waals surface area (Å²) in [5.41, 5.74) is 2.91. The van der Waals surface area contributed by atoms with Crippen LogP contribution in [0.4, 0.5) is 0 Å². The minimum atomic E-state index is 0.478. The largest absolute Gasteiger partial charge is 0.310 e. The molecular weight excluding hydrogens is 262 g/mol. The van der Waals surface area contributed by atoms with Crippen molar-refractivity contribution in [3.05, 3.63) is 35.4 Å². The van der Waals surface area contributed by atoms with Crippen LogP contribution in [-0.4, -0.2) is 17.5 Å². The summed E-state index contributed by atoms with van der Waals surface area (Å²) in [5, 5.41) is 4.38. The number of benzene rings is 1. The van der Waals surface area contributed by atoms with Crippen molar-refractivity contribution in [2.24, 2.45) is 5.92 Å². The van der Waals surface area contributed by atoms with Gasteiger partial charge in [0.15, 0.2) is 0 Å². The summed E-state index contributed by atoms with van der Waals surface area (Å²) in [7, 11) is 0. The standard InChI is InChI=1S/C18H31NS/c1-6-15(5)20-13-18(19-7-2)17-10-8-9-16(12-17)11-14(3)4/h8-10,12,14-15,18-19H,6-7,11,13H2,1-5H3. The summed E-state index contributed by atoms with van der Waals surface area (Å²) >= 11 is 2.08. The lowest BCUT2D eigenvalue weighted by Gasteiger charge is -2.21. The third kappa shape index (κ3) is 6.32. The molecule has 0 saturated heterocycles. The predicted molar refractivity (Wildman–Crippen MR) is 93.6 cm³/mol. The summed E-state index contributed by atoms with van der Waals surface area (Å²) in [6.45, 7) is 12.4. The van der Waals surface area contributed by atoms with Gasteiger partial charge in [-0.1, -0.05) is 58.9 Å². The van der Waals surface area contributed by atoms with Gasteiger partial charge in [-0.2, -0.15) is 11.8 Å². The first-order chi connectivity index (χ1) is 9.56. The second kappa shape index (κ2) is 9.46. The van der Waals surface area contributed by atoms with Crippen molar-refractivity contribution >= 4 is 11.8 Å². The average molecular weight is 294 g/mol. The Morgan fingerprint density at radius 3 is 2.50 bits per heavy atom. The van der Waals surface area contributed by atoms with Gasteiger partial charge in [-0.25, -0.2) is 0 Å². The molecule has 1 nitrogen and oxygen atoms in total. The highest BCUT2D eigenvalue weighted by atomic mass is 32.2. The molecule has 0 spiro atoms. The lowest BCUT2D eigenvalue weighted by molar-refractivity contribution is 0.601. The predicted octanol–water partition coefficient (Wildman–Crippen LogP) is 5.07. The topological polar surface area (TPSA) is 12.0 Å².